The number of ether oxygens (including phenoxy) is 1. The Morgan fingerprint density at radius 3 is 2.00 bits per heavy atom. The van der Waals surface area contributed by atoms with E-state index in [0.717, 1.165) is 4.90 Å². The van der Waals surface area contributed by atoms with Gasteiger partial charge in [-0.1, -0.05) is 42.5 Å². The molecular weight excluding hydrogens is 342 g/mol. The minimum Gasteiger partial charge on any atom is -0.461 e. The first-order valence-electron chi connectivity index (χ1n) is 8.28. The van der Waals surface area contributed by atoms with Crippen LogP contribution in [0.5, 0.6) is 0 Å². The Morgan fingerprint density at radius 1 is 0.846 bits per heavy atom. The number of hydrogen-bond acceptors (Lipinski definition) is 3. The van der Waals surface area contributed by atoms with Crippen LogP contribution < -0.4 is 0 Å². The monoisotopic (exact) mass is 360 g/mol. The van der Waals surface area contributed by atoms with Gasteiger partial charge in [0.15, 0.2) is 14.7 Å². The third-order valence-electron chi connectivity index (χ3n) is 3.71. The van der Waals surface area contributed by atoms with Crippen molar-refractivity contribution in [2.45, 2.75) is 21.1 Å². The van der Waals surface area contributed by atoms with Gasteiger partial charge in [0.05, 0.1) is 28.9 Å². The smallest absolute Gasteiger partial charge is 0.338 e. The highest BCUT2D eigenvalue weighted by molar-refractivity contribution is 7.97. The maximum atomic E-state index is 12.2. The fraction of sp³-hybridized carbons (Fsp3) is 0.0909. The molecule has 3 aromatic rings. The van der Waals surface area contributed by atoms with Crippen LogP contribution in [0.3, 0.4) is 0 Å². The summed E-state index contributed by atoms with van der Waals surface area (Å²) in [5.41, 5.74) is 0.504. The van der Waals surface area contributed by atoms with Crippen LogP contribution in [-0.4, -0.2) is 12.6 Å². The van der Waals surface area contributed by atoms with E-state index >= 15 is 0 Å². The van der Waals surface area contributed by atoms with Crippen molar-refractivity contribution < 1.29 is 9.53 Å². The summed E-state index contributed by atoms with van der Waals surface area (Å²) in [4.78, 5) is 15.7. The first-order chi connectivity index (χ1) is 12.8. The molecule has 0 bridgehead atoms. The second-order valence-corrected chi connectivity index (χ2v) is 7.53. The lowest BCUT2D eigenvalue weighted by atomic mass is 10.2. The summed E-state index contributed by atoms with van der Waals surface area (Å²) in [5.74, 6) is -0.397. The Bertz CT molecular complexity index is 865. The lowest BCUT2D eigenvalue weighted by Crippen LogP contribution is -2.09. The van der Waals surface area contributed by atoms with Crippen LogP contribution in [0.2, 0.25) is 0 Å². The molecule has 0 atom stereocenters. The highest BCUT2D eigenvalue weighted by atomic mass is 32.2. The number of nitriles is 1. The summed E-state index contributed by atoms with van der Waals surface area (Å²) in [6.45, 7) is 0.114. The molecule has 3 aromatic carbocycles. The summed E-state index contributed by atoms with van der Waals surface area (Å²) < 4.78 is 5.16. The van der Waals surface area contributed by atoms with E-state index < -0.39 is 5.97 Å². The van der Waals surface area contributed by atoms with E-state index in [1.807, 2.05) is 60.7 Å². The van der Waals surface area contributed by atoms with Crippen molar-refractivity contribution >= 4 is 16.9 Å². The number of esters is 1. The number of nitrogens with zero attached hydrogens (tertiary/aromatic N) is 1. The minimum absolute atomic E-state index is 0.114. The number of carbonyl (C=O) groups is 1. The van der Waals surface area contributed by atoms with Gasteiger partial charge < -0.3 is 4.74 Å². The first kappa shape index (κ1) is 17.8. The normalized spacial score (nSPS) is 10.3. The van der Waals surface area contributed by atoms with Crippen LogP contribution >= 0.6 is 0 Å². The molecule has 0 saturated carbocycles. The second kappa shape index (κ2) is 8.89. The van der Waals surface area contributed by atoms with Gasteiger partial charge >= 0.3 is 5.97 Å². The number of carbonyl (C=O) groups excluding carboxylic acids is 1. The SMILES string of the molecule is N#CCCOC(=O)c1cccc([S+](c2ccccc2)c2ccccc2)c1. The molecule has 0 aliphatic heterocycles. The molecule has 3 rings (SSSR count). The fourth-order valence-corrected chi connectivity index (χ4v) is 4.68. The van der Waals surface area contributed by atoms with Gasteiger partial charge in [-0.05, 0) is 36.4 Å². The fourth-order valence-electron chi connectivity index (χ4n) is 2.54. The van der Waals surface area contributed by atoms with E-state index in [9.17, 15) is 4.79 Å². The molecule has 0 radical (unpaired) electrons. The topological polar surface area (TPSA) is 50.1 Å². The maximum absolute atomic E-state index is 12.2. The molecule has 0 spiro atoms. The highest BCUT2D eigenvalue weighted by Gasteiger charge is 2.29. The van der Waals surface area contributed by atoms with Crippen molar-refractivity contribution in [1.82, 2.24) is 0 Å². The molecule has 0 aliphatic carbocycles. The molecule has 0 heterocycles. The van der Waals surface area contributed by atoms with Gasteiger partial charge in [0.25, 0.3) is 0 Å². The minimum atomic E-state index is -0.397. The summed E-state index contributed by atoms with van der Waals surface area (Å²) in [5, 5.41) is 8.58. The van der Waals surface area contributed by atoms with E-state index in [1.54, 1.807) is 6.07 Å². The summed E-state index contributed by atoms with van der Waals surface area (Å²) in [6, 6.07) is 30.0. The molecule has 0 aliphatic rings. The van der Waals surface area contributed by atoms with E-state index in [-0.39, 0.29) is 23.9 Å². The van der Waals surface area contributed by atoms with E-state index in [4.69, 9.17) is 10.00 Å². The van der Waals surface area contributed by atoms with Crippen LogP contribution in [-0.2, 0) is 15.6 Å². The third kappa shape index (κ3) is 4.33. The molecule has 0 amide bonds. The first-order valence-corrected chi connectivity index (χ1v) is 9.50. The van der Waals surface area contributed by atoms with Gasteiger partial charge in [0.2, 0.25) is 0 Å². The number of rotatable bonds is 6. The van der Waals surface area contributed by atoms with E-state index in [2.05, 4.69) is 24.3 Å². The van der Waals surface area contributed by atoms with Crippen molar-refractivity contribution in [3.63, 3.8) is 0 Å². The maximum Gasteiger partial charge on any atom is 0.338 e. The Hall–Kier alpha value is -3.03. The predicted octanol–water partition coefficient (Wildman–Crippen LogP) is 4.85. The Morgan fingerprint density at radius 2 is 1.42 bits per heavy atom. The standard InChI is InChI=1S/C22H18NO2S/c23-15-8-16-25-22(24)18-9-7-14-21(17-18)26(19-10-3-1-4-11-19)20-12-5-2-6-13-20/h1-7,9-14,17H,8,16H2/q+1. The lowest BCUT2D eigenvalue weighted by molar-refractivity contribution is 0.0513. The summed E-state index contributed by atoms with van der Waals surface area (Å²) >= 11 is 0. The van der Waals surface area contributed by atoms with Gasteiger partial charge in [0.1, 0.15) is 6.61 Å². The molecular formula is C22H18NO2S+. The molecule has 0 saturated heterocycles. The quantitative estimate of drug-likeness (QED) is 0.359. The largest absolute Gasteiger partial charge is 0.461 e. The highest BCUT2D eigenvalue weighted by Crippen LogP contribution is 2.31. The number of hydrogen-bond donors (Lipinski definition) is 0. The average molecular weight is 360 g/mol. The summed E-state index contributed by atoms with van der Waals surface area (Å²) in [6.07, 6.45) is 0.198. The molecule has 4 heteroatoms. The average Bonchev–Trinajstić information content (AvgIpc) is 2.70. The van der Waals surface area contributed by atoms with E-state index in [1.165, 1.54) is 9.79 Å². The zero-order valence-electron chi connectivity index (χ0n) is 14.2. The van der Waals surface area contributed by atoms with Crippen molar-refractivity contribution in [2.24, 2.45) is 0 Å². The lowest BCUT2D eigenvalue weighted by Gasteiger charge is -2.09. The molecule has 0 unspecified atom stereocenters. The third-order valence-corrected chi connectivity index (χ3v) is 5.92. The van der Waals surface area contributed by atoms with Gasteiger partial charge in [0, 0.05) is 6.07 Å². The van der Waals surface area contributed by atoms with Crippen LogP contribution in [0.4, 0.5) is 0 Å². The molecule has 0 N–H and O–H groups in total. The van der Waals surface area contributed by atoms with Crippen LogP contribution in [0.1, 0.15) is 16.8 Å². The Kier molecular flexibility index (Phi) is 6.08. The zero-order chi connectivity index (χ0) is 18.2. The van der Waals surface area contributed by atoms with Crippen molar-refractivity contribution in [3.8, 4) is 6.07 Å². The summed E-state index contributed by atoms with van der Waals surface area (Å²) in [7, 11) is -0.309. The van der Waals surface area contributed by atoms with Crippen molar-refractivity contribution in [1.29, 1.82) is 5.26 Å². The van der Waals surface area contributed by atoms with Gasteiger partial charge in [-0.25, -0.2) is 4.79 Å². The second-order valence-electron chi connectivity index (χ2n) is 5.50. The van der Waals surface area contributed by atoms with Crippen LogP contribution in [0, 0.1) is 11.3 Å². The molecule has 128 valence electrons. The van der Waals surface area contributed by atoms with E-state index in [0.29, 0.717) is 5.56 Å². The Balaban J connectivity index is 1.96. The van der Waals surface area contributed by atoms with Crippen LogP contribution in [0.15, 0.2) is 99.6 Å². The molecule has 0 fully saturated rings. The molecule has 26 heavy (non-hydrogen) atoms. The van der Waals surface area contributed by atoms with Crippen LogP contribution in [0.25, 0.3) is 0 Å². The van der Waals surface area contributed by atoms with Gasteiger partial charge in [-0.15, -0.1) is 0 Å². The Labute approximate surface area is 156 Å². The predicted molar refractivity (Wildman–Crippen MR) is 102 cm³/mol. The van der Waals surface area contributed by atoms with Gasteiger partial charge in [-0.2, -0.15) is 5.26 Å². The zero-order valence-corrected chi connectivity index (χ0v) is 15.0. The van der Waals surface area contributed by atoms with Crippen molar-refractivity contribution in [3.05, 3.63) is 90.5 Å². The molecule has 3 nitrogen and oxygen atoms in total. The number of benzene rings is 3. The van der Waals surface area contributed by atoms with Gasteiger partial charge in [-0.3, -0.25) is 0 Å². The molecule has 0 aromatic heterocycles. The van der Waals surface area contributed by atoms with Crippen molar-refractivity contribution in [2.75, 3.05) is 6.61 Å².